The van der Waals surface area contributed by atoms with Crippen LogP contribution in [0.2, 0.25) is 0 Å². The minimum absolute atomic E-state index is 0.765. The third-order valence-corrected chi connectivity index (χ3v) is 1.56. The van der Waals surface area contributed by atoms with Gasteiger partial charge in [0.25, 0.3) is 0 Å². The second-order valence-electron chi connectivity index (χ2n) is 2.73. The monoisotopic (exact) mass is 221 g/mol. The molecule has 0 aliphatic rings. The first-order valence-corrected chi connectivity index (χ1v) is 3.92. The Bertz CT molecular complexity index is 264. The normalized spacial score (nSPS) is 14.2. The smallest absolute Gasteiger partial charge is 0.323 e. The number of carboxylic acids is 3. The summed E-state index contributed by atoms with van der Waals surface area (Å²) in [6.07, 6.45) is -0.765. The van der Waals surface area contributed by atoms with Crippen molar-refractivity contribution in [3.05, 3.63) is 0 Å². The van der Waals surface area contributed by atoms with Crippen molar-refractivity contribution in [2.24, 2.45) is 0 Å². The molecule has 0 fully saturated rings. The lowest BCUT2D eigenvalue weighted by Gasteiger charge is -2.16. The van der Waals surface area contributed by atoms with Crippen LogP contribution in [-0.4, -0.2) is 57.0 Å². The standard InChI is InChI=1S/C7H11NO7/c9-2-4(7(14)15)8-3(6(12)13)1-5(10)11/h3-4,8-9H,1-2H2,(H,10,11)(H,12,13)(H,14,15)/t3-,4?/m0/s1. The van der Waals surface area contributed by atoms with Crippen molar-refractivity contribution in [3.8, 4) is 0 Å². The largest absolute Gasteiger partial charge is 0.481 e. The van der Waals surface area contributed by atoms with Crippen molar-refractivity contribution >= 4 is 17.9 Å². The number of aliphatic hydroxyl groups is 1. The maximum absolute atomic E-state index is 10.5. The molecule has 0 heterocycles. The third kappa shape index (κ3) is 4.93. The Balaban J connectivity index is 4.45. The Labute approximate surface area is 84.1 Å². The van der Waals surface area contributed by atoms with Gasteiger partial charge in [-0.25, -0.2) is 0 Å². The van der Waals surface area contributed by atoms with Crippen LogP contribution in [0.3, 0.4) is 0 Å². The lowest BCUT2D eigenvalue weighted by atomic mass is 10.2. The summed E-state index contributed by atoms with van der Waals surface area (Å²) in [5, 5.41) is 35.9. The number of carboxylic acid groups (broad SMARTS) is 3. The molecule has 0 aromatic rings. The zero-order valence-corrected chi connectivity index (χ0v) is 7.58. The van der Waals surface area contributed by atoms with E-state index in [0.29, 0.717) is 0 Å². The molecule has 0 aliphatic carbocycles. The Hall–Kier alpha value is -1.67. The number of hydrogen-bond donors (Lipinski definition) is 5. The molecule has 86 valence electrons. The van der Waals surface area contributed by atoms with E-state index in [-0.39, 0.29) is 0 Å². The molecule has 0 aliphatic heterocycles. The SMILES string of the molecule is O=C(O)C[C@H](NC(CO)C(=O)O)C(=O)O. The second-order valence-corrected chi connectivity index (χ2v) is 2.73. The molecular formula is C7H11NO7. The molecule has 5 N–H and O–H groups in total. The quantitative estimate of drug-likeness (QED) is 0.330. The van der Waals surface area contributed by atoms with Crippen molar-refractivity contribution in [2.75, 3.05) is 6.61 Å². The molecule has 0 rings (SSSR count). The van der Waals surface area contributed by atoms with Crippen LogP contribution in [0.4, 0.5) is 0 Å². The van der Waals surface area contributed by atoms with E-state index in [9.17, 15) is 14.4 Å². The summed E-state index contributed by atoms with van der Waals surface area (Å²) < 4.78 is 0. The van der Waals surface area contributed by atoms with E-state index in [0.717, 1.165) is 0 Å². The molecule has 0 bridgehead atoms. The van der Waals surface area contributed by atoms with E-state index in [1.54, 1.807) is 0 Å². The van der Waals surface area contributed by atoms with E-state index in [2.05, 4.69) is 0 Å². The predicted molar refractivity (Wildman–Crippen MR) is 45.3 cm³/mol. The van der Waals surface area contributed by atoms with Crippen LogP contribution in [0.25, 0.3) is 0 Å². The molecule has 1 unspecified atom stereocenters. The maximum atomic E-state index is 10.5. The highest BCUT2D eigenvalue weighted by molar-refractivity contribution is 5.82. The van der Waals surface area contributed by atoms with Gasteiger partial charge in [0.2, 0.25) is 0 Å². The number of aliphatic hydroxyl groups excluding tert-OH is 1. The van der Waals surface area contributed by atoms with Crippen LogP contribution in [0.5, 0.6) is 0 Å². The summed E-state index contributed by atoms with van der Waals surface area (Å²) in [7, 11) is 0. The average molecular weight is 221 g/mol. The van der Waals surface area contributed by atoms with Crippen LogP contribution in [0.15, 0.2) is 0 Å². The van der Waals surface area contributed by atoms with E-state index < -0.39 is 43.0 Å². The van der Waals surface area contributed by atoms with Crippen LogP contribution in [-0.2, 0) is 14.4 Å². The Morgan fingerprint density at radius 2 is 1.47 bits per heavy atom. The summed E-state index contributed by atoms with van der Waals surface area (Å²) in [5.41, 5.74) is 0. The van der Waals surface area contributed by atoms with Crippen molar-refractivity contribution in [1.82, 2.24) is 5.32 Å². The van der Waals surface area contributed by atoms with Gasteiger partial charge in [0.15, 0.2) is 0 Å². The van der Waals surface area contributed by atoms with Gasteiger partial charge in [-0.1, -0.05) is 0 Å². The maximum Gasteiger partial charge on any atom is 0.323 e. The molecule has 2 atom stereocenters. The summed E-state index contributed by atoms with van der Waals surface area (Å²) in [6, 6.07) is -3.04. The molecule has 0 aromatic heterocycles. The lowest BCUT2D eigenvalue weighted by molar-refractivity contribution is -0.148. The first-order chi connectivity index (χ1) is 6.88. The van der Waals surface area contributed by atoms with Crippen molar-refractivity contribution in [2.45, 2.75) is 18.5 Å². The fourth-order valence-electron chi connectivity index (χ4n) is 0.837. The molecular weight excluding hydrogens is 210 g/mol. The van der Waals surface area contributed by atoms with Gasteiger partial charge < -0.3 is 20.4 Å². The van der Waals surface area contributed by atoms with Crippen LogP contribution in [0.1, 0.15) is 6.42 Å². The van der Waals surface area contributed by atoms with Crippen molar-refractivity contribution < 1.29 is 34.8 Å². The van der Waals surface area contributed by atoms with Gasteiger partial charge in [-0.05, 0) is 0 Å². The number of rotatable bonds is 7. The van der Waals surface area contributed by atoms with Crippen LogP contribution < -0.4 is 5.32 Å². The summed E-state index contributed by atoms with van der Waals surface area (Å²) in [4.78, 5) is 31.2. The molecule has 8 heteroatoms. The highest BCUT2D eigenvalue weighted by Crippen LogP contribution is 1.96. The first kappa shape index (κ1) is 13.3. The van der Waals surface area contributed by atoms with Gasteiger partial charge in [-0.2, -0.15) is 0 Å². The molecule has 0 spiro atoms. The molecule has 0 amide bonds. The summed E-state index contributed by atoms with van der Waals surface area (Å²) >= 11 is 0. The highest BCUT2D eigenvalue weighted by Gasteiger charge is 2.27. The zero-order valence-electron chi connectivity index (χ0n) is 7.58. The summed E-state index contributed by atoms with van der Waals surface area (Å²) in [5.74, 6) is -4.32. The fraction of sp³-hybridized carbons (Fsp3) is 0.571. The molecule has 15 heavy (non-hydrogen) atoms. The lowest BCUT2D eigenvalue weighted by Crippen LogP contribution is -2.49. The minimum atomic E-state index is -1.55. The Kier molecular flexibility index (Phi) is 5.27. The van der Waals surface area contributed by atoms with Gasteiger partial charge >= 0.3 is 17.9 Å². The molecule has 0 radical (unpaired) electrons. The molecule has 0 saturated heterocycles. The van der Waals surface area contributed by atoms with Crippen molar-refractivity contribution in [3.63, 3.8) is 0 Å². The molecule has 0 aromatic carbocycles. The minimum Gasteiger partial charge on any atom is -0.481 e. The highest BCUT2D eigenvalue weighted by atomic mass is 16.4. The zero-order chi connectivity index (χ0) is 12.0. The summed E-state index contributed by atoms with van der Waals surface area (Å²) in [6.45, 7) is -0.821. The number of aliphatic carboxylic acids is 3. The van der Waals surface area contributed by atoms with Gasteiger partial charge in [-0.15, -0.1) is 0 Å². The fourth-order valence-corrected chi connectivity index (χ4v) is 0.837. The number of carbonyl (C=O) groups is 3. The molecule has 8 nitrogen and oxygen atoms in total. The average Bonchev–Trinajstić information content (AvgIpc) is 2.10. The van der Waals surface area contributed by atoms with E-state index in [1.807, 2.05) is 5.32 Å². The van der Waals surface area contributed by atoms with E-state index in [4.69, 9.17) is 20.4 Å². The van der Waals surface area contributed by atoms with Crippen LogP contribution >= 0.6 is 0 Å². The van der Waals surface area contributed by atoms with Gasteiger partial charge in [-0.3, -0.25) is 19.7 Å². The Morgan fingerprint density at radius 3 is 1.73 bits per heavy atom. The van der Waals surface area contributed by atoms with Crippen molar-refractivity contribution in [1.29, 1.82) is 0 Å². The van der Waals surface area contributed by atoms with E-state index >= 15 is 0 Å². The van der Waals surface area contributed by atoms with Gasteiger partial charge in [0, 0.05) is 0 Å². The predicted octanol–water partition coefficient (Wildman–Crippen LogP) is -2.05. The number of nitrogens with one attached hydrogen (secondary N) is 1. The number of hydrogen-bond acceptors (Lipinski definition) is 5. The van der Waals surface area contributed by atoms with Gasteiger partial charge in [0.1, 0.15) is 12.1 Å². The first-order valence-electron chi connectivity index (χ1n) is 3.92. The third-order valence-electron chi connectivity index (χ3n) is 1.56. The van der Waals surface area contributed by atoms with E-state index in [1.165, 1.54) is 0 Å². The Morgan fingerprint density at radius 1 is 1.00 bits per heavy atom. The van der Waals surface area contributed by atoms with Crippen LogP contribution in [0, 0.1) is 0 Å². The van der Waals surface area contributed by atoms with Gasteiger partial charge in [0.05, 0.1) is 13.0 Å². The second kappa shape index (κ2) is 5.94. The topological polar surface area (TPSA) is 144 Å². The molecule has 0 saturated carbocycles.